The summed E-state index contributed by atoms with van der Waals surface area (Å²) >= 11 is 5.86. The van der Waals surface area contributed by atoms with Crippen LogP contribution in [-0.2, 0) is 16.1 Å². The molecular formula is C18H20ClN3O3. The molecule has 132 valence electrons. The van der Waals surface area contributed by atoms with Crippen LogP contribution in [0, 0.1) is 11.8 Å². The van der Waals surface area contributed by atoms with Gasteiger partial charge in [0.25, 0.3) is 0 Å². The quantitative estimate of drug-likeness (QED) is 0.854. The molecule has 0 unspecified atom stereocenters. The predicted octanol–water partition coefficient (Wildman–Crippen LogP) is 3.39. The average Bonchev–Trinajstić information content (AvgIpc) is 3.15. The maximum atomic E-state index is 12.6. The molecule has 2 atom stereocenters. The molecule has 2 N–H and O–H groups in total. The fraction of sp³-hybridized carbons (Fsp3) is 0.389. The second-order valence-electron chi connectivity index (χ2n) is 6.20. The molecule has 0 bridgehead atoms. The van der Waals surface area contributed by atoms with E-state index in [1.807, 2.05) is 0 Å². The molecule has 7 heteroatoms. The molecule has 1 saturated carbocycles. The number of benzene rings is 1. The zero-order valence-corrected chi connectivity index (χ0v) is 14.5. The molecule has 1 aromatic carbocycles. The van der Waals surface area contributed by atoms with Crippen molar-refractivity contribution in [1.29, 1.82) is 0 Å². The van der Waals surface area contributed by atoms with Crippen molar-refractivity contribution < 1.29 is 14.1 Å². The molecule has 1 aromatic heterocycles. The van der Waals surface area contributed by atoms with Gasteiger partial charge in [-0.1, -0.05) is 29.6 Å². The van der Waals surface area contributed by atoms with Gasteiger partial charge in [0.15, 0.2) is 0 Å². The first-order chi connectivity index (χ1) is 12.1. The van der Waals surface area contributed by atoms with Gasteiger partial charge in [-0.3, -0.25) is 9.59 Å². The van der Waals surface area contributed by atoms with E-state index in [2.05, 4.69) is 15.8 Å². The van der Waals surface area contributed by atoms with E-state index in [4.69, 9.17) is 16.1 Å². The molecule has 1 aliphatic carbocycles. The van der Waals surface area contributed by atoms with Crippen molar-refractivity contribution in [1.82, 2.24) is 10.5 Å². The van der Waals surface area contributed by atoms with Gasteiger partial charge < -0.3 is 15.2 Å². The topological polar surface area (TPSA) is 84.2 Å². The molecular weight excluding hydrogens is 342 g/mol. The number of anilines is 1. The van der Waals surface area contributed by atoms with Crippen molar-refractivity contribution in [3.63, 3.8) is 0 Å². The van der Waals surface area contributed by atoms with Crippen molar-refractivity contribution in [2.45, 2.75) is 32.2 Å². The van der Waals surface area contributed by atoms with Crippen LogP contribution in [0.3, 0.4) is 0 Å². The molecule has 2 amide bonds. The van der Waals surface area contributed by atoms with Crippen molar-refractivity contribution >= 4 is 29.1 Å². The average molecular weight is 362 g/mol. The highest BCUT2D eigenvalue weighted by Crippen LogP contribution is 2.31. The monoisotopic (exact) mass is 361 g/mol. The Morgan fingerprint density at radius 3 is 2.40 bits per heavy atom. The lowest BCUT2D eigenvalue weighted by atomic mass is 9.78. The maximum absolute atomic E-state index is 12.6. The summed E-state index contributed by atoms with van der Waals surface area (Å²) in [6.07, 6.45) is 4.79. The van der Waals surface area contributed by atoms with Crippen LogP contribution in [0.2, 0.25) is 5.02 Å². The SMILES string of the molecule is O=C(NCc1ccon1)[C@H]1CCCC[C@H]1C(=O)Nc1ccc(Cl)cc1. The Morgan fingerprint density at radius 1 is 1.08 bits per heavy atom. The lowest BCUT2D eigenvalue weighted by Crippen LogP contribution is -2.41. The van der Waals surface area contributed by atoms with E-state index in [1.54, 1.807) is 30.3 Å². The summed E-state index contributed by atoms with van der Waals surface area (Å²) < 4.78 is 4.75. The van der Waals surface area contributed by atoms with Crippen LogP contribution in [0.25, 0.3) is 0 Å². The highest BCUT2D eigenvalue weighted by Gasteiger charge is 2.35. The van der Waals surface area contributed by atoms with E-state index in [0.717, 1.165) is 12.8 Å². The summed E-state index contributed by atoms with van der Waals surface area (Å²) in [4.78, 5) is 25.2. The zero-order valence-electron chi connectivity index (χ0n) is 13.7. The van der Waals surface area contributed by atoms with Crippen LogP contribution in [0.1, 0.15) is 31.4 Å². The van der Waals surface area contributed by atoms with Gasteiger partial charge in [0.05, 0.1) is 6.54 Å². The van der Waals surface area contributed by atoms with Crippen molar-refractivity contribution in [2.24, 2.45) is 11.8 Å². The predicted molar refractivity (Wildman–Crippen MR) is 93.9 cm³/mol. The molecule has 3 rings (SSSR count). The number of hydrogen-bond acceptors (Lipinski definition) is 4. The summed E-state index contributed by atoms with van der Waals surface area (Å²) in [5.74, 6) is -0.891. The van der Waals surface area contributed by atoms with Gasteiger partial charge in [-0.15, -0.1) is 0 Å². The number of aromatic nitrogens is 1. The first-order valence-corrected chi connectivity index (χ1v) is 8.74. The fourth-order valence-electron chi connectivity index (χ4n) is 3.16. The highest BCUT2D eigenvalue weighted by molar-refractivity contribution is 6.30. The normalized spacial score (nSPS) is 20.0. The van der Waals surface area contributed by atoms with Crippen LogP contribution < -0.4 is 10.6 Å². The Kier molecular flexibility index (Phi) is 5.71. The summed E-state index contributed by atoms with van der Waals surface area (Å²) in [7, 11) is 0. The van der Waals surface area contributed by atoms with Gasteiger partial charge in [-0.25, -0.2) is 0 Å². The number of nitrogens with zero attached hydrogens (tertiary/aromatic N) is 1. The number of amides is 2. The van der Waals surface area contributed by atoms with Crippen molar-refractivity contribution in [3.8, 4) is 0 Å². The van der Waals surface area contributed by atoms with Gasteiger partial charge in [-0.05, 0) is 37.1 Å². The van der Waals surface area contributed by atoms with Crippen LogP contribution in [0.15, 0.2) is 41.1 Å². The second kappa shape index (κ2) is 8.16. The molecule has 0 saturated heterocycles. The van der Waals surface area contributed by atoms with Crippen molar-refractivity contribution in [3.05, 3.63) is 47.3 Å². The van der Waals surface area contributed by atoms with Crippen LogP contribution in [0.5, 0.6) is 0 Å². The van der Waals surface area contributed by atoms with E-state index in [-0.39, 0.29) is 23.7 Å². The van der Waals surface area contributed by atoms with E-state index < -0.39 is 0 Å². The molecule has 0 radical (unpaired) electrons. The minimum Gasteiger partial charge on any atom is -0.364 e. The molecule has 1 aliphatic rings. The van der Waals surface area contributed by atoms with Crippen LogP contribution in [-0.4, -0.2) is 17.0 Å². The third-order valence-corrected chi connectivity index (χ3v) is 4.74. The fourth-order valence-corrected chi connectivity index (χ4v) is 3.29. The summed E-state index contributed by atoms with van der Waals surface area (Å²) in [5.41, 5.74) is 1.34. The Morgan fingerprint density at radius 2 is 1.76 bits per heavy atom. The standard InChI is InChI=1S/C18H20ClN3O3/c19-12-5-7-13(8-6-12)21-18(24)16-4-2-1-3-15(16)17(23)20-11-14-9-10-25-22-14/h5-10,15-16H,1-4,11H2,(H,20,23)(H,21,24)/t15-,16+/m0/s1. The lowest BCUT2D eigenvalue weighted by molar-refractivity contribution is -0.134. The molecule has 25 heavy (non-hydrogen) atoms. The summed E-state index contributed by atoms with van der Waals surface area (Å²) in [6, 6.07) is 8.65. The van der Waals surface area contributed by atoms with Gasteiger partial charge >= 0.3 is 0 Å². The minimum atomic E-state index is -0.332. The van der Waals surface area contributed by atoms with E-state index in [0.29, 0.717) is 35.8 Å². The molecule has 0 spiro atoms. The van der Waals surface area contributed by atoms with Crippen molar-refractivity contribution in [2.75, 3.05) is 5.32 Å². The third-order valence-electron chi connectivity index (χ3n) is 4.49. The Balaban J connectivity index is 1.62. The Hall–Kier alpha value is -2.34. The Labute approximate surface area is 150 Å². The number of halogens is 1. The second-order valence-corrected chi connectivity index (χ2v) is 6.64. The summed E-state index contributed by atoms with van der Waals surface area (Å²) in [5, 5.41) is 10.1. The molecule has 6 nitrogen and oxygen atoms in total. The molecule has 1 fully saturated rings. The minimum absolute atomic E-state index is 0.112. The number of hydrogen-bond donors (Lipinski definition) is 2. The first kappa shape index (κ1) is 17.5. The smallest absolute Gasteiger partial charge is 0.228 e. The van der Waals surface area contributed by atoms with Crippen LogP contribution in [0.4, 0.5) is 5.69 Å². The van der Waals surface area contributed by atoms with Gasteiger partial charge in [0, 0.05) is 28.6 Å². The molecule has 0 aliphatic heterocycles. The zero-order chi connectivity index (χ0) is 17.6. The number of carbonyl (C=O) groups is 2. The third kappa shape index (κ3) is 4.60. The summed E-state index contributed by atoms with van der Waals surface area (Å²) in [6.45, 7) is 0.303. The first-order valence-electron chi connectivity index (χ1n) is 8.37. The van der Waals surface area contributed by atoms with E-state index >= 15 is 0 Å². The molecule has 2 aromatic rings. The largest absolute Gasteiger partial charge is 0.364 e. The lowest BCUT2D eigenvalue weighted by Gasteiger charge is -2.29. The van der Waals surface area contributed by atoms with E-state index in [1.165, 1.54) is 6.26 Å². The number of rotatable bonds is 5. The van der Waals surface area contributed by atoms with Gasteiger partial charge in [0.1, 0.15) is 12.0 Å². The van der Waals surface area contributed by atoms with Gasteiger partial charge in [-0.2, -0.15) is 0 Å². The van der Waals surface area contributed by atoms with E-state index in [9.17, 15) is 9.59 Å². The highest BCUT2D eigenvalue weighted by atomic mass is 35.5. The van der Waals surface area contributed by atoms with Gasteiger partial charge in [0.2, 0.25) is 11.8 Å². The Bertz CT molecular complexity index is 716. The maximum Gasteiger partial charge on any atom is 0.228 e. The number of carbonyl (C=O) groups excluding carboxylic acids is 2. The number of nitrogens with one attached hydrogen (secondary N) is 2. The molecule has 1 heterocycles. The van der Waals surface area contributed by atoms with Crippen LogP contribution >= 0.6 is 11.6 Å².